The average Bonchev–Trinajstić information content (AvgIpc) is 2.39. The number of nitrogens with zero attached hydrogens (tertiary/aromatic N) is 3. The lowest BCUT2D eigenvalue weighted by Crippen LogP contribution is -2.46. The third-order valence-corrected chi connectivity index (χ3v) is 3.38. The summed E-state index contributed by atoms with van der Waals surface area (Å²) in [7, 11) is 1.68. The zero-order valence-electron chi connectivity index (χ0n) is 10.7. The molecule has 1 fully saturated rings. The van der Waals surface area contributed by atoms with Crippen LogP contribution >= 0.6 is 0 Å². The number of nitrogens with two attached hydrogens (primary N) is 1. The summed E-state index contributed by atoms with van der Waals surface area (Å²) < 4.78 is 5.39. The molecule has 0 aromatic carbocycles. The third-order valence-electron chi connectivity index (χ3n) is 3.38. The number of hydrogen-bond donors (Lipinski definition) is 1. The first-order valence-corrected chi connectivity index (χ1v) is 6.03. The molecule has 0 aliphatic carbocycles. The number of hydrogen-bond acceptors (Lipinski definition) is 5. The maximum atomic E-state index is 12.2. The van der Waals surface area contributed by atoms with E-state index in [-0.39, 0.29) is 12.0 Å². The first-order chi connectivity index (χ1) is 8.61. The molecule has 2 atom stereocenters. The number of nitrogen functional groups attached to an aromatic ring is 1. The van der Waals surface area contributed by atoms with E-state index in [4.69, 9.17) is 10.5 Å². The van der Waals surface area contributed by atoms with Crippen LogP contribution in [-0.4, -0.2) is 47.3 Å². The zero-order valence-corrected chi connectivity index (χ0v) is 10.7. The number of carbonyl (C=O) groups excluding carboxylic acids is 1. The molecule has 2 unspecified atom stereocenters. The second-order valence-electron chi connectivity index (χ2n) is 4.63. The van der Waals surface area contributed by atoms with Crippen LogP contribution in [0.4, 0.5) is 5.82 Å². The summed E-state index contributed by atoms with van der Waals surface area (Å²) in [6.07, 6.45) is 1.02. The Balaban J connectivity index is 2.07. The minimum Gasteiger partial charge on any atom is -0.382 e. The highest BCUT2D eigenvalue weighted by atomic mass is 16.5. The summed E-state index contributed by atoms with van der Waals surface area (Å²) in [6.45, 7) is 3.47. The molecule has 1 amide bonds. The van der Waals surface area contributed by atoms with Gasteiger partial charge in [-0.1, -0.05) is 6.92 Å². The number of rotatable bonds is 2. The van der Waals surface area contributed by atoms with Gasteiger partial charge in [-0.25, -0.2) is 0 Å². The number of carbonyl (C=O) groups is 1. The van der Waals surface area contributed by atoms with Gasteiger partial charge in [0.15, 0.2) is 5.69 Å². The van der Waals surface area contributed by atoms with Crippen molar-refractivity contribution >= 4 is 11.7 Å². The monoisotopic (exact) mass is 250 g/mol. The highest BCUT2D eigenvalue weighted by Crippen LogP contribution is 2.20. The van der Waals surface area contributed by atoms with Gasteiger partial charge in [-0.05, 0) is 24.5 Å². The molecule has 0 spiro atoms. The molecule has 1 aromatic heterocycles. The highest BCUT2D eigenvalue weighted by molar-refractivity contribution is 5.92. The van der Waals surface area contributed by atoms with Crippen LogP contribution in [0, 0.1) is 5.92 Å². The van der Waals surface area contributed by atoms with Crippen molar-refractivity contribution < 1.29 is 9.53 Å². The Labute approximate surface area is 106 Å². The fraction of sp³-hybridized carbons (Fsp3) is 0.583. The molecule has 0 bridgehead atoms. The molecule has 18 heavy (non-hydrogen) atoms. The van der Waals surface area contributed by atoms with Crippen LogP contribution in [0.2, 0.25) is 0 Å². The molecule has 1 aromatic rings. The molecule has 6 heteroatoms. The number of amides is 1. The minimum absolute atomic E-state index is 0.0874. The molecule has 6 nitrogen and oxygen atoms in total. The van der Waals surface area contributed by atoms with Gasteiger partial charge in [0.2, 0.25) is 0 Å². The lowest BCUT2D eigenvalue weighted by Gasteiger charge is -2.35. The standard InChI is InChI=1S/C12H18N4O2/c1-8-5-6-16(7-10(8)18-2)12(17)9-3-4-11(13)15-14-9/h3-4,8,10H,5-7H2,1-2H3,(H2,13,15). The van der Waals surface area contributed by atoms with Crippen LogP contribution in [-0.2, 0) is 4.74 Å². The SMILES string of the molecule is COC1CN(C(=O)c2ccc(N)nn2)CCC1C. The van der Waals surface area contributed by atoms with E-state index in [0.717, 1.165) is 13.0 Å². The van der Waals surface area contributed by atoms with Crippen molar-refractivity contribution in [3.05, 3.63) is 17.8 Å². The summed E-state index contributed by atoms with van der Waals surface area (Å²) in [5, 5.41) is 7.51. The fourth-order valence-corrected chi connectivity index (χ4v) is 2.14. The topological polar surface area (TPSA) is 81.3 Å². The van der Waals surface area contributed by atoms with E-state index in [9.17, 15) is 4.79 Å². The van der Waals surface area contributed by atoms with Gasteiger partial charge >= 0.3 is 0 Å². The first kappa shape index (κ1) is 12.8. The van der Waals surface area contributed by atoms with E-state index in [1.807, 2.05) is 0 Å². The predicted molar refractivity (Wildman–Crippen MR) is 66.9 cm³/mol. The molecule has 2 rings (SSSR count). The lowest BCUT2D eigenvalue weighted by atomic mass is 9.95. The van der Waals surface area contributed by atoms with Gasteiger partial charge in [0.05, 0.1) is 6.10 Å². The number of piperidine rings is 1. The lowest BCUT2D eigenvalue weighted by molar-refractivity contribution is -0.00181. The summed E-state index contributed by atoms with van der Waals surface area (Å²) in [6, 6.07) is 3.19. The maximum absolute atomic E-state index is 12.2. The molecular weight excluding hydrogens is 232 g/mol. The molecule has 0 radical (unpaired) electrons. The molecule has 0 saturated carbocycles. The Hall–Kier alpha value is -1.69. The fourth-order valence-electron chi connectivity index (χ4n) is 2.14. The Morgan fingerprint density at radius 1 is 1.50 bits per heavy atom. The minimum atomic E-state index is -0.114. The van der Waals surface area contributed by atoms with Crippen molar-refractivity contribution in [2.75, 3.05) is 25.9 Å². The van der Waals surface area contributed by atoms with E-state index in [2.05, 4.69) is 17.1 Å². The van der Waals surface area contributed by atoms with Crippen LogP contribution in [0.3, 0.4) is 0 Å². The van der Waals surface area contributed by atoms with E-state index in [0.29, 0.717) is 24.0 Å². The van der Waals surface area contributed by atoms with Gasteiger partial charge in [0.25, 0.3) is 5.91 Å². The summed E-state index contributed by atoms with van der Waals surface area (Å²) in [5.41, 5.74) is 5.78. The molecule has 2 heterocycles. The number of anilines is 1. The molecule has 1 aliphatic heterocycles. The van der Waals surface area contributed by atoms with E-state index >= 15 is 0 Å². The van der Waals surface area contributed by atoms with Crippen molar-refractivity contribution in [3.8, 4) is 0 Å². The third kappa shape index (κ3) is 2.59. The molecule has 98 valence electrons. The van der Waals surface area contributed by atoms with Crippen molar-refractivity contribution in [1.29, 1.82) is 0 Å². The van der Waals surface area contributed by atoms with Crippen molar-refractivity contribution in [2.45, 2.75) is 19.4 Å². The van der Waals surface area contributed by atoms with Crippen molar-refractivity contribution in [2.24, 2.45) is 5.92 Å². The molecular formula is C12H18N4O2. The highest BCUT2D eigenvalue weighted by Gasteiger charge is 2.29. The van der Waals surface area contributed by atoms with Gasteiger partial charge in [-0.15, -0.1) is 10.2 Å². The van der Waals surface area contributed by atoms with E-state index < -0.39 is 0 Å². The van der Waals surface area contributed by atoms with Crippen LogP contribution in [0.5, 0.6) is 0 Å². The number of methoxy groups -OCH3 is 1. The summed E-state index contributed by atoms with van der Waals surface area (Å²) >= 11 is 0. The summed E-state index contributed by atoms with van der Waals surface area (Å²) in [4.78, 5) is 14.0. The first-order valence-electron chi connectivity index (χ1n) is 6.03. The average molecular weight is 250 g/mol. The normalized spacial score (nSPS) is 24.0. The Bertz CT molecular complexity index is 421. The van der Waals surface area contributed by atoms with Gasteiger partial charge in [-0.3, -0.25) is 4.79 Å². The second kappa shape index (κ2) is 5.30. The number of likely N-dealkylation sites (tertiary alicyclic amines) is 1. The molecule has 1 saturated heterocycles. The molecule has 2 N–H and O–H groups in total. The largest absolute Gasteiger partial charge is 0.382 e. The van der Waals surface area contributed by atoms with Gasteiger partial charge in [0.1, 0.15) is 5.82 Å². The quantitative estimate of drug-likeness (QED) is 0.829. The summed E-state index contributed by atoms with van der Waals surface area (Å²) in [5.74, 6) is 0.668. The van der Waals surface area contributed by atoms with Crippen LogP contribution in [0.25, 0.3) is 0 Å². The number of ether oxygens (including phenoxy) is 1. The van der Waals surface area contributed by atoms with Crippen LogP contribution < -0.4 is 5.73 Å². The van der Waals surface area contributed by atoms with Gasteiger partial charge in [-0.2, -0.15) is 0 Å². The van der Waals surface area contributed by atoms with Crippen molar-refractivity contribution in [1.82, 2.24) is 15.1 Å². The van der Waals surface area contributed by atoms with Gasteiger partial charge in [0, 0.05) is 20.2 Å². The second-order valence-corrected chi connectivity index (χ2v) is 4.63. The number of aromatic nitrogens is 2. The zero-order chi connectivity index (χ0) is 13.1. The van der Waals surface area contributed by atoms with E-state index in [1.54, 1.807) is 24.1 Å². The Morgan fingerprint density at radius 3 is 2.89 bits per heavy atom. The maximum Gasteiger partial charge on any atom is 0.274 e. The predicted octanol–water partition coefficient (Wildman–Crippen LogP) is 0.556. The molecule has 1 aliphatic rings. The Morgan fingerprint density at radius 2 is 2.28 bits per heavy atom. The van der Waals surface area contributed by atoms with Crippen molar-refractivity contribution in [3.63, 3.8) is 0 Å². The Kier molecular flexibility index (Phi) is 3.76. The van der Waals surface area contributed by atoms with E-state index in [1.165, 1.54) is 0 Å². The smallest absolute Gasteiger partial charge is 0.274 e. The van der Waals surface area contributed by atoms with Crippen LogP contribution in [0.15, 0.2) is 12.1 Å². The van der Waals surface area contributed by atoms with Gasteiger partial charge < -0.3 is 15.4 Å². The van der Waals surface area contributed by atoms with Crippen LogP contribution in [0.1, 0.15) is 23.8 Å².